The van der Waals surface area contributed by atoms with Crippen LogP contribution in [-0.4, -0.2) is 5.91 Å². The van der Waals surface area contributed by atoms with Gasteiger partial charge in [-0.1, -0.05) is 18.2 Å². The summed E-state index contributed by atoms with van der Waals surface area (Å²) in [5.41, 5.74) is 1.94. The molecule has 1 amide bonds. The van der Waals surface area contributed by atoms with Crippen molar-refractivity contribution in [1.82, 2.24) is 5.48 Å². The fraction of sp³-hybridized carbons (Fsp3) is 0.250. The Hall–Kier alpha value is -1.82. The summed E-state index contributed by atoms with van der Waals surface area (Å²) in [5.74, 6) is -0.426. The maximum atomic E-state index is 12.3. The average Bonchev–Trinajstić information content (AvgIpc) is 2.29. The molecule has 0 aliphatic carbocycles. The van der Waals surface area contributed by atoms with Gasteiger partial charge in [-0.15, -0.1) is 0 Å². The number of rotatable bonds is 4. The molecule has 98 valence electrons. The van der Waals surface area contributed by atoms with Gasteiger partial charge in [0.2, 0.25) is 0 Å². The molecule has 0 fully saturated rings. The van der Waals surface area contributed by atoms with Crippen LogP contribution in [0.5, 0.6) is 0 Å². The van der Waals surface area contributed by atoms with E-state index in [-0.39, 0.29) is 6.61 Å². The molecular formula is C12H12F3NO2. The van der Waals surface area contributed by atoms with Gasteiger partial charge >= 0.3 is 6.18 Å². The Morgan fingerprint density at radius 2 is 1.94 bits per heavy atom. The van der Waals surface area contributed by atoms with Crippen molar-refractivity contribution < 1.29 is 22.8 Å². The van der Waals surface area contributed by atoms with Crippen LogP contribution in [0.15, 0.2) is 36.4 Å². The summed E-state index contributed by atoms with van der Waals surface area (Å²) < 4.78 is 36.8. The number of nitrogens with one attached hydrogen (secondary N) is 1. The average molecular weight is 259 g/mol. The van der Waals surface area contributed by atoms with Crippen LogP contribution >= 0.6 is 0 Å². The van der Waals surface area contributed by atoms with Gasteiger partial charge in [-0.05, 0) is 24.6 Å². The fourth-order valence-electron chi connectivity index (χ4n) is 1.17. The SMILES string of the molecule is C/C=C/C(=O)NOCc1ccc(C(F)(F)F)cc1. The van der Waals surface area contributed by atoms with Crippen molar-refractivity contribution in [3.8, 4) is 0 Å². The molecule has 1 N–H and O–H groups in total. The number of hydrogen-bond acceptors (Lipinski definition) is 2. The highest BCUT2D eigenvalue weighted by molar-refractivity contribution is 5.86. The van der Waals surface area contributed by atoms with Crippen molar-refractivity contribution >= 4 is 5.91 Å². The van der Waals surface area contributed by atoms with Gasteiger partial charge in [-0.3, -0.25) is 9.63 Å². The van der Waals surface area contributed by atoms with E-state index in [2.05, 4.69) is 5.48 Å². The van der Waals surface area contributed by atoms with Crippen LogP contribution in [0.3, 0.4) is 0 Å². The summed E-state index contributed by atoms with van der Waals surface area (Å²) >= 11 is 0. The lowest BCUT2D eigenvalue weighted by Crippen LogP contribution is -2.21. The van der Waals surface area contributed by atoms with Crippen molar-refractivity contribution in [3.63, 3.8) is 0 Å². The van der Waals surface area contributed by atoms with Crippen molar-refractivity contribution in [2.24, 2.45) is 0 Å². The Balaban J connectivity index is 2.47. The highest BCUT2D eigenvalue weighted by atomic mass is 19.4. The van der Waals surface area contributed by atoms with Crippen molar-refractivity contribution in [3.05, 3.63) is 47.5 Å². The third kappa shape index (κ3) is 4.58. The highest BCUT2D eigenvalue weighted by Crippen LogP contribution is 2.29. The number of carbonyl (C=O) groups excluding carboxylic acids is 1. The van der Waals surface area contributed by atoms with Gasteiger partial charge in [0, 0.05) is 6.08 Å². The van der Waals surface area contributed by atoms with Crippen LogP contribution in [-0.2, 0) is 22.4 Å². The van der Waals surface area contributed by atoms with E-state index in [1.807, 2.05) is 0 Å². The van der Waals surface area contributed by atoms with Crippen LogP contribution in [0.25, 0.3) is 0 Å². The monoisotopic (exact) mass is 259 g/mol. The second-order valence-corrected chi connectivity index (χ2v) is 3.45. The van der Waals surface area contributed by atoms with Crippen LogP contribution < -0.4 is 5.48 Å². The lowest BCUT2D eigenvalue weighted by Gasteiger charge is -2.08. The Labute approximate surface area is 102 Å². The summed E-state index contributed by atoms with van der Waals surface area (Å²) in [6.07, 6.45) is -1.54. The third-order valence-electron chi connectivity index (χ3n) is 2.01. The minimum Gasteiger partial charge on any atom is -0.269 e. The topological polar surface area (TPSA) is 38.3 Å². The maximum Gasteiger partial charge on any atom is 0.416 e. The first-order valence-electron chi connectivity index (χ1n) is 5.14. The second kappa shape index (κ2) is 6.20. The number of hydroxylamine groups is 1. The van der Waals surface area contributed by atoms with E-state index in [1.165, 1.54) is 24.3 Å². The number of halogens is 3. The second-order valence-electron chi connectivity index (χ2n) is 3.45. The van der Waals surface area contributed by atoms with Gasteiger partial charge in [0.1, 0.15) is 0 Å². The molecule has 0 bridgehead atoms. The first kappa shape index (κ1) is 14.2. The lowest BCUT2D eigenvalue weighted by atomic mass is 10.1. The molecule has 3 nitrogen and oxygen atoms in total. The molecule has 0 aliphatic heterocycles. The molecule has 0 radical (unpaired) electrons. The van der Waals surface area contributed by atoms with Crippen molar-refractivity contribution in [1.29, 1.82) is 0 Å². The van der Waals surface area contributed by atoms with Crippen LogP contribution in [0, 0.1) is 0 Å². The molecule has 1 aromatic rings. The van der Waals surface area contributed by atoms with Crippen molar-refractivity contribution in [2.45, 2.75) is 19.7 Å². The molecular weight excluding hydrogens is 247 g/mol. The molecule has 6 heteroatoms. The summed E-state index contributed by atoms with van der Waals surface area (Å²) in [4.78, 5) is 15.8. The van der Waals surface area contributed by atoms with E-state index in [4.69, 9.17) is 4.84 Å². The Bertz CT molecular complexity index is 424. The zero-order valence-electron chi connectivity index (χ0n) is 9.62. The van der Waals surface area contributed by atoms with Gasteiger partial charge in [-0.25, -0.2) is 5.48 Å². The van der Waals surface area contributed by atoms with Gasteiger partial charge < -0.3 is 0 Å². The normalized spacial score (nSPS) is 11.8. The van der Waals surface area contributed by atoms with E-state index in [0.717, 1.165) is 12.1 Å². The van der Waals surface area contributed by atoms with Gasteiger partial charge in [-0.2, -0.15) is 13.2 Å². The molecule has 0 saturated carbocycles. The number of carbonyl (C=O) groups is 1. The Morgan fingerprint density at radius 1 is 1.33 bits per heavy atom. The minimum absolute atomic E-state index is 0.00142. The van der Waals surface area contributed by atoms with E-state index in [1.54, 1.807) is 6.92 Å². The Morgan fingerprint density at radius 3 is 2.44 bits per heavy atom. The first-order chi connectivity index (χ1) is 8.43. The van der Waals surface area contributed by atoms with Crippen LogP contribution in [0.2, 0.25) is 0 Å². The molecule has 0 spiro atoms. The number of hydrogen-bond donors (Lipinski definition) is 1. The van der Waals surface area contributed by atoms with E-state index >= 15 is 0 Å². The summed E-state index contributed by atoms with van der Waals surface area (Å²) in [7, 11) is 0. The fourth-order valence-corrected chi connectivity index (χ4v) is 1.17. The molecule has 0 aromatic heterocycles. The van der Waals surface area contributed by atoms with Crippen LogP contribution in [0.1, 0.15) is 18.1 Å². The first-order valence-corrected chi connectivity index (χ1v) is 5.14. The van der Waals surface area contributed by atoms with Gasteiger partial charge in [0.15, 0.2) is 0 Å². The summed E-state index contributed by atoms with van der Waals surface area (Å²) in [6, 6.07) is 4.52. The van der Waals surface area contributed by atoms with Gasteiger partial charge in [0.25, 0.3) is 5.91 Å². The summed E-state index contributed by atoms with van der Waals surface area (Å²) in [5, 5.41) is 0. The lowest BCUT2D eigenvalue weighted by molar-refractivity contribution is -0.137. The number of alkyl halides is 3. The molecule has 0 heterocycles. The predicted molar refractivity (Wildman–Crippen MR) is 59.2 cm³/mol. The summed E-state index contributed by atoms with van der Waals surface area (Å²) in [6.45, 7) is 1.68. The molecule has 0 aliphatic rings. The maximum absolute atomic E-state index is 12.3. The zero-order valence-corrected chi connectivity index (χ0v) is 9.62. The van der Waals surface area contributed by atoms with E-state index < -0.39 is 17.6 Å². The number of benzene rings is 1. The van der Waals surface area contributed by atoms with Crippen molar-refractivity contribution in [2.75, 3.05) is 0 Å². The Kier molecular flexibility index (Phi) is 4.91. The largest absolute Gasteiger partial charge is 0.416 e. The molecule has 1 aromatic carbocycles. The quantitative estimate of drug-likeness (QED) is 0.667. The number of allylic oxidation sites excluding steroid dienone is 1. The number of amides is 1. The molecule has 0 saturated heterocycles. The molecule has 1 rings (SSSR count). The third-order valence-corrected chi connectivity index (χ3v) is 2.01. The minimum atomic E-state index is -4.35. The standard InChI is InChI=1S/C12H12F3NO2/c1-2-3-11(17)16-18-8-9-4-6-10(7-5-9)12(13,14)15/h2-7H,8H2,1H3,(H,16,17)/b3-2+. The van der Waals surface area contributed by atoms with Crippen LogP contribution in [0.4, 0.5) is 13.2 Å². The van der Waals surface area contributed by atoms with Gasteiger partial charge in [0.05, 0.1) is 12.2 Å². The predicted octanol–water partition coefficient (Wildman–Crippen LogP) is 2.83. The van der Waals surface area contributed by atoms with E-state index in [9.17, 15) is 18.0 Å². The smallest absolute Gasteiger partial charge is 0.269 e. The zero-order chi connectivity index (χ0) is 13.6. The molecule has 18 heavy (non-hydrogen) atoms. The van der Waals surface area contributed by atoms with E-state index in [0.29, 0.717) is 5.56 Å². The molecule has 0 atom stereocenters. The molecule has 0 unspecified atom stereocenters. The highest BCUT2D eigenvalue weighted by Gasteiger charge is 2.29.